The molecule has 4 aromatic heterocycles. The number of nitrogens with zero attached hydrogens (tertiary/aromatic N) is 9. The van der Waals surface area contributed by atoms with E-state index in [2.05, 4.69) is 66.5 Å². The van der Waals surface area contributed by atoms with Gasteiger partial charge in [-0.15, -0.1) is 0 Å². The second-order valence-corrected chi connectivity index (χ2v) is 15.2. The van der Waals surface area contributed by atoms with E-state index in [1.165, 1.54) is 12.4 Å². The summed E-state index contributed by atoms with van der Waals surface area (Å²) < 4.78 is 33.8. The lowest BCUT2D eigenvalue weighted by Crippen LogP contribution is -2.44. The first-order chi connectivity index (χ1) is 23.8. The van der Waals surface area contributed by atoms with Gasteiger partial charge < -0.3 is 25.2 Å². The monoisotopic (exact) mass is 685 g/mol. The summed E-state index contributed by atoms with van der Waals surface area (Å²) in [5, 5.41) is 15.3. The molecule has 15 heteroatoms. The molecule has 0 spiro atoms. The van der Waals surface area contributed by atoms with E-state index >= 15 is 0 Å². The molecule has 3 aliphatic rings. The van der Waals surface area contributed by atoms with Crippen LogP contribution in [0.1, 0.15) is 55.7 Å². The van der Waals surface area contributed by atoms with E-state index in [1.807, 2.05) is 29.3 Å². The van der Waals surface area contributed by atoms with Gasteiger partial charge in [0.1, 0.15) is 11.6 Å². The van der Waals surface area contributed by atoms with Crippen molar-refractivity contribution in [1.29, 1.82) is 0 Å². The normalized spacial score (nSPS) is 17.7. The second kappa shape index (κ2) is 14.6. The molecule has 14 nitrogen and oxygen atoms in total. The van der Waals surface area contributed by atoms with Gasteiger partial charge >= 0.3 is 0 Å². The SMILES string of the molecule is CN(C)CCNC1CCN(c2cc(Nc3ccnc(-c4cnn(S(=O)(=O)C5CC5)c4)n3)ncc2C#Cc2cnn(C3CCOCC3)c2)CC1. The zero-order valence-electron chi connectivity index (χ0n) is 28.0. The van der Waals surface area contributed by atoms with Gasteiger partial charge in [-0.3, -0.25) is 4.68 Å². The Bertz CT molecular complexity index is 1910. The van der Waals surface area contributed by atoms with Gasteiger partial charge in [0.25, 0.3) is 10.0 Å². The zero-order valence-corrected chi connectivity index (χ0v) is 28.8. The number of ether oxygens (including phenoxy) is 1. The summed E-state index contributed by atoms with van der Waals surface area (Å²) in [5.74, 6) is 8.23. The molecule has 1 saturated carbocycles. The Morgan fingerprint density at radius 3 is 2.55 bits per heavy atom. The van der Waals surface area contributed by atoms with Crippen molar-refractivity contribution >= 4 is 27.3 Å². The van der Waals surface area contributed by atoms with Crippen LogP contribution < -0.4 is 15.5 Å². The largest absolute Gasteiger partial charge is 0.381 e. The molecule has 4 aromatic rings. The molecule has 0 amide bonds. The number of anilines is 3. The third-order valence-electron chi connectivity index (χ3n) is 9.15. The van der Waals surface area contributed by atoms with Crippen molar-refractivity contribution in [3.05, 3.63) is 60.4 Å². The smallest absolute Gasteiger partial charge is 0.256 e. The van der Waals surface area contributed by atoms with Crippen LogP contribution in [0.2, 0.25) is 0 Å². The summed E-state index contributed by atoms with van der Waals surface area (Å²) in [6.45, 7) is 5.29. The van der Waals surface area contributed by atoms with Crippen LogP contribution in [0.4, 0.5) is 17.3 Å². The van der Waals surface area contributed by atoms with Crippen molar-refractivity contribution < 1.29 is 13.2 Å². The van der Waals surface area contributed by atoms with Crippen molar-refractivity contribution in [3.63, 3.8) is 0 Å². The van der Waals surface area contributed by atoms with E-state index in [4.69, 9.17) is 9.72 Å². The van der Waals surface area contributed by atoms with Crippen LogP contribution in [0.15, 0.2) is 49.3 Å². The van der Waals surface area contributed by atoms with Crippen molar-refractivity contribution in [2.45, 2.75) is 55.9 Å². The second-order valence-electron chi connectivity index (χ2n) is 13.1. The van der Waals surface area contributed by atoms with Crippen LogP contribution in [-0.2, 0) is 14.8 Å². The molecule has 0 radical (unpaired) electrons. The number of piperidine rings is 1. The Labute approximate surface area is 287 Å². The minimum atomic E-state index is -3.48. The number of hydrogen-bond acceptors (Lipinski definition) is 12. The van der Waals surface area contributed by atoms with E-state index < -0.39 is 10.0 Å². The van der Waals surface area contributed by atoms with Crippen LogP contribution in [0, 0.1) is 11.8 Å². The Balaban J connectivity index is 1.10. The lowest BCUT2D eigenvalue weighted by atomic mass is 10.0. The number of aromatic nitrogens is 7. The molecule has 7 rings (SSSR count). The quantitative estimate of drug-likeness (QED) is 0.224. The number of rotatable bonds is 11. The average molecular weight is 686 g/mol. The van der Waals surface area contributed by atoms with Gasteiger partial charge in [-0.05, 0) is 58.7 Å². The van der Waals surface area contributed by atoms with Crippen molar-refractivity contribution in [2.75, 3.05) is 63.7 Å². The lowest BCUT2D eigenvalue weighted by molar-refractivity contribution is 0.0662. The molecule has 3 fully saturated rings. The van der Waals surface area contributed by atoms with E-state index in [0.29, 0.717) is 47.9 Å². The minimum absolute atomic E-state index is 0.341. The van der Waals surface area contributed by atoms with Crippen molar-refractivity contribution in [2.24, 2.45) is 0 Å². The van der Waals surface area contributed by atoms with Crippen LogP contribution in [0.25, 0.3) is 11.4 Å². The van der Waals surface area contributed by atoms with Crippen LogP contribution in [0.3, 0.4) is 0 Å². The Kier molecular flexibility index (Phi) is 9.90. The van der Waals surface area contributed by atoms with Gasteiger partial charge in [-0.2, -0.15) is 14.3 Å². The molecule has 49 heavy (non-hydrogen) atoms. The zero-order chi connectivity index (χ0) is 33.8. The highest BCUT2D eigenvalue weighted by Crippen LogP contribution is 2.31. The molecule has 6 heterocycles. The summed E-state index contributed by atoms with van der Waals surface area (Å²) >= 11 is 0. The molecule has 2 N–H and O–H groups in total. The number of nitrogens with one attached hydrogen (secondary N) is 2. The highest BCUT2D eigenvalue weighted by atomic mass is 32.2. The fraction of sp³-hybridized carbons (Fsp3) is 0.500. The Morgan fingerprint density at radius 2 is 1.78 bits per heavy atom. The molecule has 0 unspecified atom stereocenters. The van der Waals surface area contributed by atoms with E-state index in [0.717, 1.165) is 86.0 Å². The predicted molar refractivity (Wildman–Crippen MR) is 187 cm³/mol. The van der Waals surface area contributed by atoms with Gasteiger partial charge in [0, 0.05) is 70.1 Å². The third-order valence-corrected chi connectivity index (χ3v) is 11.2. The fourth-order valence-electron chi connectivity index (χ4n) is 6.16. The maximum atomic E-state index is 12.6. The Morgan fingerprint density at radius 1 is 0.959 bits per heavy atom. The molecular formula is C34H43N11O3S. The van der Waals surface area contributed by atoms with E-state index in [-0.39, 0.29) is 5.25 Å². The highest BCUT2D eigenvalue weighted by molar-refractivity contribution is 7.90. The first-order valence-electron chi connectivity index (χ1n) is 17.0. The molecule has 0 bridgehead atoms. The number of likely N-dealkylation sites (N-methyl/N-ethyl adjacent to an activating group) is 1. The predicted octanol–water partition coefficient (Wildman–Crippen LogP) is 2.89. The van der Waals surface area contributed by atoms with Crippen LogP contribution in [-0.4, -0.2) is 112 Å². The minimum Gasteiger partial charge on any atom is -0.381 e. The number of pyridine rings is 1. The summed E-state index contributed by atoms with van der Waals surface area (Å²) in [7, 11) is 0.711. The summed E-state index contributed by atoms with van der Waals surface area (Å²) in [6.07, 6.45) is 15.6. The molecule has 2 aliphatic heterocycles. The van der Waals surface area contributed by atoms with Gasteiger partial charge in [0.05, 0.1) is 52.3 Å². The van der Waals surface area contributed by atoms with Crippen molar-refractivity contribution in [3.8, 4) is 23.2 Å². The van der Waals surface area contributed by atoms with Crippen LogP contribution >= 0.6 is 0 Å². The summed E-state index contributed by atoms with van der Waals surface area (Å²) in [5.41, 5.74) is 3.24. The topological polar surface area (TPSA) is 148 Å². The fourth-order valence-corrected chi connectivity index (χ4v) is 7.63. The first kappa shape index (κ1) is 33.2. The molecule has 0 atom stereocenters. The molecule has 2 saturated heterocycles. The molecule has 258 valence electrons. The van der Waals surface area contributed by atoms with Gasteiger partial charge in [-0.25, -0.2) is 23.4 Å². The standard InChI is InChI=1S/C34H43N11O3S/c1-42(2)16-13-35-28-8-14-43(15-9-28)31-19-33(37-21-26(31)4-3-25-20-38-44(23-25)29-10-17-48-18-11-29)40-32-7-12-36-34(41-32)27-22-39-45(24-27)49(46,47)30-5-6-30/h7,12,19-24,28-30,35H,5-6,8-11,13-18H2,1-2H3,(H,36,37,40,41). The maximum Gasteiger partial charge on any atom is 0.256 e. The van der Waals surface area contributed by atoms with Gasteiger partial charge in [-0.1, -0.05) is 11.8 Å². The van der Waals surface area contributed by atoms with Gasteiger partial charge in [0.2, 0.25) is 0 Å². The molecule has 0 aromatic carbocycles. The van der Waals surface area contributed by atoms with E-state index in [1.54, 1.807) is 12.3 Å². The summed E-state index contributed by atoms with van der Waals surface area (Å²) in [4.78, 5) is 18.3. The van der Waals surface area contributed by atoms with Crippen molar-refractivity contribution in [1.82, 2.24) is 44.1 Å². The Hall–Kier alpha value is -4.36. The lowest BCUT2D eigenvalue weighted by Gasteiger charge is -2.35. The maximum absolute atomic E-state index is 12.6. The van der Waals surface area contributed by atoms with Crippen LogP contribution in [0.5, 0.6) is 0 Å². The average Bonchev–Trinajstić information content (AvgIpc) is 3.67. The van der Waals surface area contributed by atoms with Gasteiger partial charge in [0.15, 0.2) is 5.82 Å². The number of hydrogen-bond donors (Lipinski definition) is 2. The molecule has 1 aliphatic carbocycles. The van der Waals surface area contributed by atoms with E-state index in [9.17, 15) is 8.42 Å². The third kappa shape index (κ3) is 8.10. The first-order valence-corrected chi connectivity index (χ1v) is 18.5. The molecular weight excluding hydrogens is 643 g/mol. The highest BCUT2D eigenvalue weighted by Gasteiger charge is 2.37. The summed E-state index contributed by atoms with van der Waals surface area (Å²) in [6, 6.07) is 4.60.